The molecule has 5 heteroatoms. The smallest absolute Gasteiger partial charge is 0.241 e. The van der Waals surface area contributed by atoms with Crippen molar-refractivity contribution < 1.29 is 14.3 Å². The minimum absolute atomic E-state index is 0.00895. The van der Waals surface area contributed by atoms with Crippen LogP contribution in [0.5, 0.6) is 0 Å². The van der Waals surface area contributed by atoms with Gasteiger partial charge in [-0.3, -0.25) is 4.79 Å². The molecule has 1 amide bonds. The maximum absolute atomic E-state index is 12.8. The van der Waals surface area contributed by atoms with Gasteiger partial charge in [0, 0.05) is 19.5 Å². The standard InChI is InChI=1S/C12H15FN2O2/c13-10-3-5-11(6-4-10)15-12(17)2-1-7-14(15)8-9-16/h3-6,16H,1-2,7-9H2. The molecule has 1 aliphatic heterocycles. The Morgan fingerprint density at radius 2 is 2.00 bits per heavy atom. The number of β-amino-alcohol motifs (C(OH)–C–C–N with tert-alkyl or cyclic N) is 1. The number of hydrogen-bond donors (Lipinski definition) is 1. The fourth-order valence-corrected chi connectivity index (χ4v) is 1.99. The van der Waals surface area contributed by atoms with E-state index in [-0.39, 0.29) is 18.3 Å². The van der Waals surface area contributed by atoms with Crippen LogP contribution in [0.15, 0.2) is 24.3 Å². The van der Waals surface area contributed by atoms with E-state index in [9.17, 15) is 9.18 Å². The fraction of sp³-hybridized carbons (Fsp3) is 0.417. The monoisotopic (exact) mass is 238 g/mol. The first-order chi connectivity index (χ1) is 8.22. The van der Waals surface area contributed by atoms with E-state index in [4.69, 9.17) is 5.11 Å². The third-order valence-electron chi connectivity index (χ3n) is 2.76. The Morgan fingerprint density at radius 1 is 1.29 bits per heavy atom. The molecule has 0 aliphatic carbocycles. The minimum Gasteiger partial charge on any atom is -0.395 e. The van der Waals surface area contributed by atoms with E-state index in [0.717, 1.165) is 13.0 Å². The third-order valence-corrected chi connectivity index (χ3v) is 2.76. The highest BCUT2D eigenvalue weighted by molar-refractivity contribution is 5.93. The highest BCUT2D eigenvalue weighted by atomic mass is 19.1. The average Bonchev–Trinajstić information content (AvgIpc) is 2.32. The van der Waals surface area contributed by atoms with Crippen LogP contribution >= 0.6 is 0 Å². The number of carbonyl (C=O) groups is 1. The summed E-state index contributed by atoms with van der Waals surface area (Å²) in [4.78, 5) is 11.9. The highest BCUT2D eigenvalue weighted by Crippen LogP contribution is 2.22. The summed E-state index contributed by atoms with van der Waals surface area (Å²) in [5.74, 6) is -0.344. The molecule has 0 radical (unpaired) electrons. The normalized spacial score (nSPS) is 17.5. The van der Waals surface area contributed by atoms with Gasteiger partial charge in [0.15, 0.2) is 0 Å². The molecule has 1 fully saturated rings. The lowest BCUT2D eigenvalue weighted by atomic mass is 10.2. The van der Waals surface area contributed by atoms with Gasteiger partial charge in [0.25, 0.3) is 0 Å². The van der Waals surface area contributed by atoms with Crippen molar-refractivity contribution in [1.82, 2.24) is 5.01 Å². The second-order valence-electron chi connectivity index (χ2n) is 3.96. The fourth-order valence-electron chi connectivity index (χ4n) is 1.99. The molecule has 1 heterocycles. The van der Waals surface area contributed by atoms with E-state index in [1.165, 1.54) is 17.1 Å². The zero-order chi connectivity index (χ0) is 12.3. The number of halogens is 1. The number of carbonyl (C=O) groups excluding carboxylic acids is 1. The summed E-state index contributed by atoms with van der Waals surface area (Å²) in [6.07, 6.45) is 1.27. The van der Waals surface area contributed by atoms with Crippen molar-refractivity contribution in [2.45, 2.75) is 12.8 Å². The Bertz CT molecular complexity index is 392. The number of rotatable bonds is 3. The van der Waals surface area contributed by atoms with Crippen molar-refractivity contribution in [1.29, 1.82) is 0 Å². The summed E-state index contributed by atoms with van der Waals surface area (Å²) in [5.41, 5.74) is 0.643. The predicted molar refractivity (Wildman–Crippen MR) is 61.8 cm³/mol. The van der Waals surface area contributed by atoms with Crippen LogP contribution in [0.25, 0.3) is 0 Å². The highest BCUT2D eigenvalue weighted by Gasteiger charge is 2.26. The minimum atomic E-state index is -0.327. The molecule has 1 aliphatic rings. The van der Waals surface area contributed by atoms with Gasteiger partial charge < -0.3 is 5.11 Å². The van der Waals surface area contributed by atoms with Gasteiger partial charge in [-0.15, -0.1) is 0 Å². The average molecular weight is 238 g/mol. The van der Waals surface area contributed by atoms with Crippen LogP contribution < -0.4 is 5.01 Å². The maximum atomic E-state index is 12.8. The molecular weight excluding hydrogens is 223 g/mol. The second-order valence-corrected chi connectivity index (χ2v) is 3.96. The van der Waals surface area contributed by atoms with E-state index >= 15 is 0 Å². The molecule has 4 nitrogen and oxygen atoms in total. The molecule has 0 atom stereocenters. The van der Waals surface area contributed by atoms with Crippen molar-refractivity contribution in [3.05, 3.63) is 30.1 Å². The van der Waals surface area contributed by atoms with Crippen LogP contribution in [-0.2, 0) is 4.79 Å². The molecule has 2 rings (SSSR count). The van der Waals surface area contributed by atoms with Gasteiger partial charge in [-0.25, -0.2) is 14.4 Å². The van der Waals surface area contributed by atoms with E-state index in [1.54, 1.807) is 17.1 Å². The van der Waals surface area contributed by atoms with Crippen LogP contribution in [0.1, 0.15) is 12.8 Å². The maximum Gasteiger partial charge on any atom is 0.241 e. The number of hydrazine groups is 1. The molecule has 1 aromatic carbocycles. The first-order valence-electron chi connectivity index (χ1n) is 5.66. The molecule has 0 bridgehead atoms. The summed E-state index contributed by atoms with van der Waals surface area (Å²) in [6, 6.07) is 5.80. The Balaban J connectivity index is 2.24. The molecular formula is C12H15FN2O2. The second kappa shape index (κ2) is 5.25. The number of amides is 1. The molecule has 0 spiro atoms. The summed E-state index contributed by atoms with van der Waals surface area (Å²) >= 11 is 0. The molecule has 1 N–H and O–H groups in total. The Kier molecular flexibility index (Phi) is 3.71. The van der Waals surface area contributed by atoms with E-state index < -0.39 is 0 Å². The number of benzene rings is 1. The van der Waals surface area contributed by atoms with E-state index in [0.29, 0.717) is 18.7 Å². The van der Waals surface area contributed by atoms with Crippen LogP contribution in [0.4, 0.5) is 10.1 Å². The molecule has 1 saturated heterocycles. The van der Waals surface area contributed by atoms with Crippen molar-refractivity contribution >= 4 is 11.6 Å². The summed E-state index contributed by atoms with van der Waals surface area (Å²) in [6.45, 7) is 1.12. The van der Waals surface area contributed by atoms with Crippen LogP contribution in [-0.4, -0.2) is 35.7 Å². The van der Waals surface area contributed by atoms with Gasteiger partial charge >= 0.3 is 0 Å². The van der Waals surface area contributed by atoms with Gasteiger partial charge in [0.2, 0.25) is 5.91 Å². The Labute approximate surface area is 99.2 Å². The zero-order valence-corrected chi connectivity index (χ0v) is 9.47. The lowest BCUT2D eigenvalue weighted by molar-refractivity contribution is -0.124. The molecule has 0 unspecified atom stereocenters. The lowest BCUT2D eigenvalue weighted by Crippen LogP contribution is -2.51. The van der Waals surface area contributed by atoms with Gasteiger partial charge in [-0.2, -0.15) is 0 Å². The van der Waals surface area contributed by atoms with Gasteiger partial charge in [0.1, 0.15) is 5.82 Å². The summed E-state index contributed by atoms with van der Waals surface area (Å²) in [5, 5.41) is 12.3. The first kappa shape index (κ1) is 12.0. The number of aliphatic hydroxyl groups excluding tert-OH is 1. The third kappa shape index (κ3) is 2.62. The van der Waals surface area contributed by atoms with Crippen molar-refractivity contribution in [3.8, 4) is 0 Å². The Hall–Kier alpha value is -1.46. The topological polar surface area (TPSA) is 43.8 Å². The summed E-state index contributed by atoms with van der Waals surface area (Å²) in [7, 11) is 0. The number of nitrogens with zero attached hydrogens (tertiary/aromatic N) is 2. The van der Waals surface area contributed by atoms with E-state index in [1.807, 2.05) is 0 Å². The van der Waals surface area contributed by atoms with Gasteiger partial charge in [-0.1, -0.05) is 0 Å². The van der Waals surface area contributed by atoms with Gasteiger partial charge in [-0.05, 0) is 30.7 Å². The molecule has 0 aromatic heterocycles. The van der Waals surface area contributed by atoms with Crippen molar-refractivity contribution in [2.75, 3.05) is 24.7 Å². The Morgan fingerprint density at radius 3 is 2.65 bits per heavy atom. The number of anilines is 1. The van der Waals surface area contributed by atoms with Crippen LogP contribution in [0.2, 0.25) is 0 Å². The van der Waals surface area contributed by atoms with Crippen LogP contribution in [0, 0.1) is 5.82 Å². The zero-order valence-electron chi connectivity index (χ0n) is 9.47. The number of hydrogen-bond acceptors (Lipinski definition) is 3. The SMILES string of the molecule is O=C1CCCN(CCO)N1c1ccc(F)cc1. The van der Waals surface area contributed by atoms with Crippen LogP contribution in [0.3, 0.4) is 0 Å². The molecule has 0 saturated carbocycles. The van der Waals surface area contributed by atoms with E-state index in [2.05, 4.69) is 0 Å². The lowest BCUT2D eigenvalue weighted by Gasteiger charge is -2.38. The molecule has 17 heavy (non-hydrogen) atoms. The van der Waals surface area contributed by atoms with Crippen molar-refractivity contribution in [2.24, 2.45) is 0 Å². The van der Waals surface area contributed by atoms with Crippen molar-refractivity contribution in [3.63, 3.8) is 0 Å². The predicted octanol–water partition coefficient (Wildman–Crippen LogP) is 1.16. The molecule has 1 aromatic rings. The summed E-state index contributed by atoms with van der Waals surface area (Å²) < 4.78 is 12.8. The first-order valence-corrected chi connectivity index (χ1v) is 5.66. The number of aliphatic hydroxyl groups is 1. The quantitative estimate of drug-likeness (QED) is 0.859. The van der Waals surface area contributed by atoms with Gasteiger partial charge in [0.05, 0.1) is 12.3 Å². The molecule has 92 valence electrons. The largest absolute Gasteiger partial charge is 0.395 e.